The van der Waals surface area contributed by atoms with Crippen molar-refractivity contribution in [3.8, 4) is 0 Å². The van der Waals surface area contributed by atoms with E-state index in [0.29, 0.717) is 42.2 Å². The highest BCUT2D eigenvalue weighted by Gasteiger charge is 2.56. The van der Waals surface area contributed by atoms with Crippen LogP contribution in [0.1, 0.15) is 89.5 Å². The first-order chi connectivity index (χ1) is 17.1. The molecule has 0 bridgehead atoms. The van der Waals surface area contributed by atoms with Gasteiger partial charge in [0.25, 0.3) is 0 Å². The van der Waals surface area contributed by atoms with Gasteiger partial charge in [-0.15, -0.1) is 0 Å². The molecule has 0 spiro atoms. The van der Waals surface area contributed by atoms with Crippen LogP contribution in [-0.4, -0.2) is 47.5 Å². The predicted octanol–water partition coefficient (Wildman–Crippen LogP) is 5.33. The summed E-state index contributed by atoms with van der Waals surface area (Å²) in [7, 11) is 0. The van der Waals surface area contributed by atoms with Crippen molar-refractivity contribution in [2.24, 2.45) is 16.7 Å². The maximum absolute atomic E-state index is 14.0. The van der Waals surface area contributed by atoms with Crippen LogP contribution < -0.4 is 10.6 Å². The van der Waals surface area contributed by atoms with Gasteiger partial charge in [0, 0.05) is 50.0 Å². The number of amides is 1. The Morgan fingerprint density at radius 2 is 2.08 bits per heavy atom. The maximum Gasteiger partial charge on any atom is 0.417 e. The lowest BCUT2D eigenvalue weighted by Gasteiger charge is -2.43. The zero-order chi connectivity index (χ0) is 26.1. The molecule has 5 rings (SSSR count). The summed E-state index contributed by atoms with van der Waals surface area (Å²) in [5, 5.41) is 7.48. The summed E-state index contributed by atoms with van der Waals surface area (Å²) in [5.74, 6) is 0.519. The molecule has 1 amide bonds. The molecule has 3 heterocycles. The molecule has 1 aromatic heterocycles. The molecule has 3 fully saturated rings. The third kappa shape index (κ3) is 5.04. The first-order valence-electron chi connectivity index (χ1n) is 14.0. The van der Waals surface area contributed by atoms with Gasteiger partial charge in [-0.05, 0) is 68.0 Å². The molecular formula is C28H43F3N4O. The lowest BCUT2D eigenvalue weighted by Crippen LogP contribution is -2.57. The highest BCUT2D eigenvalue weighted by Crippen LogP contribution is 2.56. The molecule has 36 heavy (non-hydrogen) atoms. The summed E-state index contributed by atoms with van der Waals surface area (Å²) in [5.41, 5.74) is 0.393. The summed E-state index contributed by atoms with van der Waals surface area (Å²) < 4.78 is 39.7. The van der Waals surface area contributed by atoms with Crippen molar-refractivity contribution >= 4 is 5.91 Å². The van der Waals surface area contributed by atoms with Crippen molar-refractivity contribution in [2.45, 2.75) is 104 Å². The van der Waals surface area contributed by atoms with Gasteiger partial charge in [-0.3, -0.25) is 9.78 Å². The highest BCUT2D eigenvalue weighted by atomic mass is 19.4. The van der Waals surface area contributed by atoms with E-state index in [2.05, 4.69) is 29.5 Å². The molecule has 0 radical (unpaired) electrons. The minimum Gasteiger partial charge on any atom is -0.337 e. The van der Waals surface area contributed by atoms with Crippen molar-refractivity contribution in [2.75, 3.05) is 19.6 Å². The highest BCUT2D eigenvalue weighted by molar-refractivity contribution is 5.84. The standard InChI is InChI=1S/C26H37F3N4O.C2H6/c1-3-24(2)8-9-30-15-22(24)32-20-12-18-5-4-7-25(18,13-20)23(34)33-10-6-21-17(16-33)11-19(14-31-21)26(27,28)29;1-2/h11,14,18,20,22,30,32H,3-10,12-13,15-16H2,1-2H3;1-2H3. The van der Waals surface area contributed by atoms with Gasteiger partial charge in [-0.2, -0.15) is 13.2 Å². The number of aromatic nitrogens is 1. The van der Waals surface area contributed by atoms with Gasteiger partial charge in [0.05, 0.1) is 11.0 Å². The average Bonchev–Trinajstić information content (AvgIpc) is 3.43. The van der Waals surface area contributed by atoms with Gasteiger partial charge < -0.3 is 15.5 Å². The fraction of sp³-hybridized carbons (Fsp3) is 0.786. The smallest absolute Gasteiger partial charge is 0.337 e. The summed E-state index contributed by atoms with van der Waals surface area (Å²) in [4.78, 5) is 19.8. The molecule has 5 unspecified atom stereocenters. The number of carbonyl (C=O) groups excluding carboxylic acids is 1. The number of hydrogen-bond acceptors (Lipinski definition) is 4. The van der Waals surface area contributed by atoms with Crippen LogP contribution in [0.3, 0.4) is 0 Å². The molecular weight excluding hydrogens is 465 g/mol. The van der Waals surface area contributed by atoms with E-state index in [9.17, 15) is 18.0 Å². The van der Waals surface area contributed by atoms with Crippen LogP contribution in [0.4, 0.5) is 13.2 Å². The van der Waals surface area contributed by atoms with Gasteiger partial charge in [0.1, 0.15) is 0 Å². The SMILES string of the molecule is CC.CCC1(C)CCNCC1NC1CC2CCCC2(C(=O)N2CCc3ncc(C(F)(F)F)cc3C2)C1. The third-order valence-corrected chi connectivity index (χ3v) is 9.52. The Balaban J connectivity index is 0.00000148. The maximum atomic E-state index is 14.0. The van der Waals surface area contributed by atoms with Crippen LogP contribution in [0, 0.1) is 16.7 Å². The molecule has 4 aliphatic rings. The Labute approximate surface area is 214 Å². The monoisotopic (exact) mass is 508 g/mol. The van der Waals surface area contributed by atoms with Crippen molar-refractivity contribution < 1.29 is 18.0 Å². The van der Waals surface area contributed by atoms with Gasteiger partial charge in [0.15, 0.2) is 0 Å². The van der Waals surface area contributed by atoms with Gasteiger partial charge in [0.2, 0.25) is 5.91 Å². The second-order valence-corrected chi connectivity index (χ2v) is 11.4. The van der Waals surface area contributed by atoms with Crippen molar-refractivity contribution in [3.63, 3.8) is 0 Å². The van der Waals surface area contributed by atoms with Crippen LogP contribution in [0.25, 0.3) is 0 Å². The first kappa shape index (κ1) is 27.4. The molecule has 2 saturated carbocycles. The molecule has 2 aliphatic heterocycles. The fourth-order valence-corrected chi connectivity index (χ4v) is 7.20. The zero-order valence-electron chi connectivity index (χ0n) is 22.3. The first-order valence-corrected chi connectivity index (χ1v) is 14.0. The Kier molecular flexibility index (Phi) is 8.06. The lowest BCUT2D eigenvalue weighted by atomic mass is 9.74. The van der Waals surface area contributed by atoms with Crippen molar-refractivity contribution in [1.29, 1.82) is 0 Å². The van der Waals surface area contributed by atoms with Crippen LogP contribution in [-0.2, 0) is 23.9 Å². The summed E-state index contributed by atoms with van der Waals surface area (Å²) in [6.45, 7) is 11.4. The van der Waals surface area contributed by atoms with E-state index >= 15 is 0 Å². The summed E-state index contributed by atoms with van der Waals surface area (Å²) >= 11 is 0. The molecule has 1 aromatic rings. The van der Waals surface area contributed by atoms with E-state index in [0.717, 1.165) is 64.2 Å². The van der Waals surface area contributed by atoms with Gasteiger partial charge in [-0.1, -0.05) is 34.1 Å². The normalized spacial score (nSPS) is 34.0. The molecule has 8 heteroatoms. The van der Waals surface area contributed by atoms with Crippen LogP contribution in [0.2, 0.25) is 0 Å². The number of piperidine rings is 1. The Morgan fingerprint density at radius 3 is 2.81 bits per heavy atom. The number of nitrogens with zero attached hydrogens (tertiary/aromatic N) is 2. The number of rotatable bonds is 4. The quantitative estimate of drug-likeness (QED) is 0.577. The molecule has 0 aromatic carbocycles. The molecule has 2 N–H and O–H groups in total. The molecule has 1 saturated heterocycles. The molecule has 2 aliphatic carbocycles. The van der Waals surface area contributed by atoms with Crippen LogP contribution in [0.5, 0.6) is 0 Å². The Hall–Kier alpha value is -1.67. The summed E-state index contributed by atoms with van der Waals surface area (Å²) in [6.07, 6.45) is 4.19. The Morgan fingerprint density at radius 1 is 1.31 bits per heavy atom. The van der Waals surface area contributed by atoms with Crippen molar-refractivity contribution in [1.82, 2.24) is 20.5 Å². The van der Waals surface area contributed by atoms with E-state index in [-0.39, 0.29) is 23.3 Å². The second-order valence-electron chi connectivity index (χ2n) is 11.4. The lowest BCUT2D eigenvalue weighted by molar-refractivity contribution is -0.144. The predicted molar refractivity (Wildman–Crippen MR) is 135 cm³/mol. The second kappa shape index (κ2) is 10.6. The van der Waals surface area contributed by atoms with E-state index in [1.165, 1.54) is 6.07 Å². The number of fused-ring (bicyclic) bond motifs is 2. The molecule has 5 atom stereocenters. The summed E-state index contributed by atoms with van der Waals surface area (Å²) in [6, 6.07) is 1.91. The van der Waals surface area contributed by atoms with Crippen LogP contribution in [0.15, 0.2) is 12.3 Å². The zero-order valence-corrected chi connectivity index (χ0v) is 22.3. The third-order valence-electron chi connectivity index (χ3n) is 9.52. The average molecular weight is 509 g/mol. The number of carbonyl (C=O) groups is 1. The van der Waals surface area contributed by atoms with Crippen molar-refractivity contribution in [3.05, 3.63) is 29.1 Å². The minimum absolute atomic E-state index is 0.155. The van der Waals surface area contributed by atoms with Crippen LogP contribution >= 0.6 is 0 Å². The van der Waals surface area contributed by atoms with Gasteiger partial charge in [-0.25, -0.2) is 0 Å². The van der Waals surface area contributed by atoms with E-state index in [4.69, 9.17) is 0 Å². The fourth-order valence-electron chi connectivity index (χ4n) is 7.20. The molecule has 202 valence electrons. The number of nitrogens with one attached hydrogen (secondary N) is 2. The van der Waals surface area contributed by atoms with E-state index in [1.54, 1.807) is 0 Å². The topological polar surface area (TPSA) is 57.3 Å². The van der Waals surface area contributed by atoms with E-state index < -0.39 is 11.7 Å². The molecule has 5 nitrogen and oxygen atoms in total. The number of halogens is 3. The number of hydrogen-bond donors (Lipinski definition) is 2. The number of alkyl halides is 3. The van der Waals surface area contributed by atoms with E-state index in [1.807, 2.05) is 18.7 Å². The minimum atomic E-state index is -4.42. The largest absolute Gasteiger partial charge is 0.417 e. The Bertz CT molecular complexity index is 938. The van der Waals surface area contributed by atoms with Gasteiger partial charge >= 0.3 is 6.18 Å². The number of pyridine rings is 1.